The molecule has 3 heterocycles. The number of carbonyl (C=O) groups is 2. The second-order valence-electron chi connectivity index (χ2n) is 5.39. The zero-order chi connectivity index (χ0) is 17.2. The Balaban J connectivity index is 1.42. The molecule has 1 saturated heterocycles. The Morgan fingerprint density at radius 1 is 1.16 bits per heavy atom. The fourth-order valence-electron chi connectivity index (χ4n) is 2.60. The highest BCUT2D eigenvalue weighted by molar-refractivity contribution is 7.09. The zero-order valence-electron chi connectivity index (χ0n) is 13.1. The minimum absolute atomic E-state index is 0.185. The highest BCUT2D eigenvalue weighted by Gasteiger charge is 2.30. The van der Waals surface area contributed by atoms with E-state index in [9.17, 15) is 9.59 Å². The molecule has 1 fully saturated rings. The third kappa shape index (κ3) is 3.04. The number of para-hydroxylation sites is 1. The van der Waals surface area contributed by atoms with Crippen LogP contribution < -0.4 is 0 Å². The van der Waals surface area contributed by atoms with Crippen LogP contribution in [0.5, 0.6) is 0 Å². The molecule has 4 rings (SSSR count). The number of aromatic nitrogens is 3. The molecule has 128 valence electrons. The Morgan fingerprint density at radius 3 is 2.80 bits per heavy atom. The number of carbonyl (C=O) groups excluding carboxylic acids is 2. The number of fused-ring (bicyclic) bond motifs is 1. The average molecular weight is 358 g/mol. The van der Waals surface area contributed by atoms with E-state index in [1.165, 1.54) is 11.3 Å². The van der Waals surface area contributed by atoms with Crippen LogP contribution in [0, 0.1) is 0 Å². The van der Waals surface area contributed by atoms with Gasteiger partial charge in [0.15, 0.2) is 12.6 Å². The average Bonchev–Trinajstić information content (AvgIpc) is 3.32. The summed E-state index contributed by atoms with van der Waals surface area (Å²) in [4.78, 5) is 33.2. The molecule has 2 aromatic heterocycles. The molecule has 0 atom stereocenters. The smallest absolute Gasteiger partial charge is 0.254 e. The van der Waals surface area contributed by atoms with Crippen molar-refractivity contribution in [2.45, 2.75) is 19.4 Å². The van der Waals surface area contributed by atoms with Gasteiger partial charge < -0.3 is 4.74 Å². The molecule has 9 heteroatoms. The predicted molar refractivity (Wildman–Crippen MR) is 88.6 cm³/mol. The van der Waals surface area contributed by atoms with Gasteiger partial charge in [-0.05, 0) is 6.07 Å². The van der Waals surface area contributed by atoms with E-state index in [-0.39, 0.29) is 38.1 Å². The third-order valence-electron chi connectivity index (χ3n) is 3.80. The Labute approximate surface area is 146 Å². The van der Waals surface area contributed by atoms with Crippen LogP contribution in [0.4, 0.5) is 0 Å². The van der Waals surface area contributed by atoms with Gasteiger partial charge in [-0.1, -0.05) is 18.2 Å². The van der Waals surface area contributed by atoms with Crippen LogP contribution in [0.2, 0.25) is 0 Å². The fraction of sp³-hybridized carbons (Fsp3) is 0.250. The summed E-state index contributed by atoms with van der Waals surface area (Å²) < 4.78 is 7.21. The van der Waals surface area contributed by atoms with E-state index in [0.717, 1.165) is 20.8 Å². The van der Waals surface area contributed by atoms with Crippen molar-refractivity contribution in [1.82, 2.24) is 19.8 Å². The minimum Gasteiger partial charge on any atom is -0.347 e. The lowest BCUT2D eigenvalue weighted by Gasteiger charge is -2.13. The van der Waals surface area contributed by atoms with Gasteiger partial charge in [0.05, 0.1) is 28.7 Å². The molecular formula is C16H14N4O4S. The van der Waals surface area contributed by atoms with Crippen LogP contribution in [0.1, 0.15) is 17.7 Å². The van der Waals surface area contributed by atoms with Gasteiger partial charge in [-0.3, -0.25) is 9.59 Å². The molecule has 1 aliphatic rings. The Kier molecular flexibility index (Phi) is 4.26. The van der Waals surface area contributed by atoms with Crippen molar-refractivity contribution < 1.29 is 19.2 Å². The topological polar surface area (TPSA) is 86.5 Å². The first-order valence-corrected chi connectivity index (χ1v) is 8.54. The number of amides is 2. The van der Waals surface area contributed by atoms with Crippen molar-refractivity contribution >= 4 is 34.1 Å². The number of thiazole rings is 1. The van der Waals surface area contributed by atoms with E-state index in [0.29, 0.717) is 5.82 Å². The highest BCUT2D eigenvalue weighted by atomic mass is 32.1. The molecule has 8 nitrogen and oxygen atoms in total. The lowest BCUT2D eigenvalue weighted by molar-refractivity contribution is -0.218. The number of hydrogen-bond donors (Lipinski definition) is 0. The first-order valence-electron chi connectivity index (χ1n) is 7.66. The summed E-state index contributed by atoms with van der Waals surface area (Å²) in [7, 11) is 0. The van der Waals surface area contributed by atoms with Gasteiger partial charge in [0.2, 0.25) is 0 Å². The van der Waals surface area contributed by atoms with Crippen LogP contribution in [0.3, 0.4) is 0 Å². The second-order valence-corrected chi connectivity index (χ2v) is 6.33. The van der Waals surface area contributed by atoms with E-state index < -0.39 is 0 Å². The van der Waals surface area contributed by atoms with Crippen LogP contribution in [-0.2, 0) is 25.8 Å². The minimum atomic E-state index is -0.338. The normalized spacial score (nSPS) is 14.8. The number of hydroxylamine groups is 2. The summed E-state index contributed by atoms with van der Waals surface area (Å²) in [5.41, 5.74) is 2.68. The van der Waals surface area contributed by atoms with Crippen molar-refractivity contribution in [3.8, 4) is 5.82 Å². The van der Waals surface area contributed by atoms with Crippen molar-refractivity contribution in [2.75, 3.05) is 6.79 Å². The Hall–Kier alpha value is -2.62. The van der Waals surface area contributed by atoms with Crippen molar-refractivity contribution in [3.63, 3.8) is 0 Å². The van der Waals surface area contributed by atoms with Gasteiger partial charge >= 0.3 is 0 Å². The maximum atomic E-state index is 11.4. The molecule has 0 N–H and O–H groups in total. The van der Waals surface area contributed by atoms with Crippen LogP contribution in [0.15, 0.2) is 36.0 Å². The molecule has 2 amide bonds. The van der Waals surface area contributed by atoms with E-state index in [1.54, 1.807) is 16.4 Å². The predicted octanol–water partition coefficient (Wildman–Crippen LogP) is 2.04. The molecule has 0 unspecified atom stereocenters. The molecule has 0 aliphatic carbocycles. The first-order chi connectivity index (χ1) is 12.2. The molecule has 0 saturated carbocycles. The van der Waals surface area contributed by atoms with Gasteiger partial charge in [0.25, 0.3) is 11.8 Å². The number of nitrogens with zero attached hydrogens (tertiary/aromatic N) is 4. The maximum Gasteiger partial charge on any atom is 0.254 e. The van der Waals surface area contributed by atoms with Gasteiger partial charge in [0.1, 0.15) is 0 Å². The van der Waals surface area contributed by atoms with E-state index in [2.05, 4.69) is 10.1 Å². The van der Waals surface area contributed by atoms with Gasteiger partial charge in [-0.25, -0.2) is 14.5 Å². The SMILES string of the molecule is O=C1CCC(=O)N1OCOCc1scnc1-n1ncc2ccccc21. The summed E-state index contributed by atoms with van der Waals surface area (Å²) in [5.74, 6) is 0.0182. The van der Waals surface area contributed by atoms with Gasteiger partial charge in [-0.2, -0.15) is 10.2 Å². The maximum absolute atomic E-state index is 11.4. The molecule has 0 bridgehead atoms. The molecule has 3 aromatic rings. The molecular weight excluding hydrogens is 344 g/mol. The largest absolute Gasteiger partial charge is 0.347 e. The van der Waals surface area contributed by atoms with Gasteiger partial charge in [-0.15, -0.1) is 11.3 Å². The summed E-state index contributed by atoms with van der Waals surface area (Å²) in [6.45, 7) is 0.0546. The van der Waals surface area contributed by atoms with Crippen molar-refractivity contribution in [2.24, 2.45) is 0 Å². The lowest BCUT2D eigenvalue weighted by Crippen LogP contribution is -2.30. The fourth-order valence-corrected chi connectivity index (χ4v) is 3.28. The Bertz CT molecular complexity index is 919. The molecule has 0 spiro atoms. The first kappa shape index (κ1) is 15.9. The van der Waals surface area contributed by atoms with E-state index >= 15 is 0 Å². The lowest BCUT2D eigenvalue weighted by atomic mass is 10.2. The Morgan fingerprint density at radius 2 is 1.96 bits per heavy atom. The van der Waals surface area contributed by atoms with E-state index in [1.807, 2.05) is 24.3 Å². The monoisotopic (exact) mass is 358 g/mol. The molecule has 0 radical (unpaired) electrons. The van der Waals surface area contributed by atoms with E-state index in [4.69, 9.17) is 9.57 Å². The summed E-state index contributed by atoms with van der Waals surface area (Å²) >= 11 is 1.44. The second kappa shape index (κ2) is 6.71. The summed E-state index contributed by atoms with van der Waals surface area (Å²) in [6.07, 6.45) is 2.15. The number of hydrogen-bond acceptors (Lipinski definition) is 7. The quantitative estimate of drug-likeness (QED) is 0.381. The van der Waals surface area contributed by atoms with Crippen LogP contribution >= 0.6 is 11.3 Å². The number of rotatable bonds is 6. The number of ether oxygens (including phenoxy) is 1. The molecule has 25 heavy (non-hydrogen) atoms. The number of imide groups is 1. The van der Waals surface area contributed by atoms with Crippen LogP contribution in [-0.4, -0.2) is 38.4 Å². The highest BCUT2D eigenvalue weighted by Crippen LogP contribution is 2.23. The molecule has 1 aliphatic heterocycles. The third-order valence-corrected chi connectivity index (χ3v) is 4.60. The summed E-state index contributed by atoms with van der Waals surface area (Å²) in [6, 6.07) is 7.86. The van der Waals surface area contributed by atoms with Crippen molar-refractivity contribution in [3.05, 3.63) is 40.8 Å². The van der Waals surface area contributed by atoms with Crippen molar-refractivity contribution in [1.29, 1.82) is 0 Å². The standard InChI is InChI=1S/C16H14N4O4S/c21-14-5-6-15(22)20(14)24-10-23-8-13-16(17-9-25-13)19-12-4-2-1-3-11(12)7-18-19/h1-4,7,9H,5-6,8,10H2. The molecule has 1 aromatic carbocycles. The summed E-state index contributed by atoms with van der Waals surface area (Å²) in [5, 5.41) is 6.18. The van der Waals surface area contributed by atoms with Crippen LogP contribution in [0.25, 0.3) is 16.7 Å². The number of benzene rings is 1. The van der Waals surface area contributed by atoms with Gasteiger partial charge in [0, 0.05) is 18.2 Å². The zero-order valence-corrected chi connectivity index (χ0v) is 13.9.